The fourth-order valence-electron chi connectivity index (χ4n) is 2.85. The lowest BCUT2D eigenvalue weighted by atomic mass is 10.0. The Kier molecular flexibility index (Phi) is 6.23. The van der Waals surface area contributed by atoms with Gasteiger partial charge < -0.3 is 5.32 Å². The molecule has 0 atom stereocenters. The Morgan fingerprint density at radius 1 is 0.929 bits per heavy atom. The van der Waals surface area contributed by atoms with Crippen LogP contribution >= 0.6 is 0 Å². The van der Waals surface area contributed by atoms with E-state index in [4.69, 9.17) is 0 Å². The number of carbonyl (C=O) groups excluding carboxylic acids is 1. The number of fused-ring (bicyclic) bond motifs is 1. The maximum Gasteiger partial charge on any atom is 0.244 e. The molecule has 3 rings (SSSR count). The lowest BCUT2D eigenvalue weighted by Gasteiger charge is -2.06. The molecule has 0 bridgehead atoms. The third kappa shape index (κ3) is 5.28. The number of hydrogen-bond donors (Lipinski definition) is 2. The van der Waals surface area contributed by atoms with Crippen molar-refractivity contribution in [1.82, 2.24) is 10.0 Å². The Morgan fingerprint density at radius 3 is 2.36 bits per heavy atom. The molecule has 0 spiro atoms. The number of benzene rings is 3. The summed E-state index contributed by atoms with van der Waals surface area (Å²) in [5, 5.41) is 5.07. The van der Waals surface area contributed by atoms with Crippen LogP contribution in [-0.2, 0) is 27.1 Å². The van der Waals surface area contributed by atoms with Crippen molar-refractivity contribution in [2.75, 3.05) is 7.05 Å². The van der Waals surface area contributed by atoms with Crippen LogP contribution < -0.4 is 10.0 Å². The first-order chi connectivity index (χ1) is 13.5. The van der Waals surface area contributed by atoms with Crippen molar-refractivity contribution in [2.24, 2.45) is 0 Å². The monoisotopic (exact) mass is 394 g/mol. The molecule has 3 aromatic carbocycles. The minimum atomic E-state index is -3.29. The topological polar surface area (TPSA) is 75.3 Å². The lowest BCUT2D eigenvalue weighted by molar-refractivity contribution is -0.116. The molecule has 0 heterocycles. The highest BCUT2D eigenvalue weighted by atomic mass is 32.2. The van der Waals surface area contributed by atoms with Crippen molar-refractivity contribution in [3.8, 4) is 0 Å². The lowest BCUT2D eigenvalue weighted by Crippen LogP contribution is -2.21. The molecule has 0 fully saturated rings. The molecule has 2 N–H and O–H groups in total. The van der Waals surface area contributed by atoms with E-state index in [9.17, 15) is 13.2 Å². The summed E-state index contributed by atoms with van der Waals surface area (Å²) in [6.07, 6.45) is 3.33. The number of sulfonamides is 1. The summed E-state index contributed by atoms with van der Waals surface area (Å²) < 4.78 is 25.4. The zero-order chi connectivity index (χ0) is 20.0. The Hall–Kier alpha value is -2.96. The van der Waals surface area contributed by atoms with Crippen molar-refractivity contribution in [3.63, 3.8) is 0 Å². The van der Waals surface area contributed by atoms with E-state index in [0.29, 0.717) is 12.1 Å². The fraction of sp³-hybridized carbons (Fsp3) is 0.136. The SMILES string of the molecule is CNS(=O)(=O)Cc1ccc(CNC(=O)C=Cc2cccc3ccccc23)cc1. The normalized spacial score (nSPS) is 11.8. The van der Waals surface area contributed by atoms with Crippen molar-refractivity contribution < 1.29 is 13.2 Å². The predicted octanol–water partition coefficient (Wildman–Crippen LogP) is 3.22. The standard InChI is InChI=1S/C22H22N2O3S/c1-23-28(26,27)16-18-11-9-17(10-12-18)15-24-22(25)14-13-20-7-4-6-19-5-2-3-8-21(19)20/h2-14,23H,15-16H2,1H3,(H,24,25). The molecule has 144 valence electrons. The molecule has 0 aliphatic carbocycles. The third-order valence-corrected chi connectivity index (χ3v) is 5.73. The zero-order valence-corrected chi connectivity index (χ0v) is 16.4. The molecule has 3 aromatic rings. The molecule has 0 saturated heterocycles. The van der Waals surface area contributed by atoms with E-state index in [1.165, 1.54) is 13.1 Å². The van der Waals surface area contributed by atoms with Crippen LogP contribution in [0, 0.1) is 0 Å². The van der Waals surface area contributed by atoms with E-state index >= 15 is 0 Å². The van der Waals surface area contributed by atoms with Gasteiger partial charge in [-0.05, 0) is 40.6 Å². The molecule has 0 unspecified atom stereocenters. The first-order valence-corrected chi connectivity index (χ1v) is 10.5. The Balaban J connectivity index is 1.59. The Labute approximate surface area is 165 Å². The van der Waals surface area contributed by atoms with E-state index in [2.05, 4.69) is 10.0 Å². The summed E-state index contributed by atoms with van der Waals surface area (Å²) in [7, 11) is -1.90. The van der Waals surface area contributed by atoms with E-state index in [-0.39, 0.29) is 11.7 Å². The molecule has 0 saturated carbocycles. The van der Waals surface area contributed by atoms with Crippen LogP contribution in [0.3, 0.4) is 0 Å². The maximum absolute atomic E-state index is 12.1. The van der Waals surface area contributed by atoms with Crippen molar-refractivity contribution in [2.45, 2.75) is 12.3 Å². The Morgan fingerprint density at radius 2 is 1.61 bits per heavy atom. The van der Waals surface area contributed by atoms with Gasteiger partial charge >= 0.3 is 0 Å². The highest BCUT2D eigenvalue weighted by Crippen LogP contribution is 2.19. The van der Waals surface area contributed by atoms with E-state index in [0.717, 1.165) is 21.9 Å². The summed E-state index contributed by atoms with van der Waals surface area (Å²) in [6, 6.07) is 21.2. The first kappa shape index (κ1) is 19.8. The van der Waals surface area contributed by atoms with Crippen LogP contribution in [0.2, 0.25) is 0 Å². The average molecular weight is 394 g/mol. The van der Waals surface area contributed by atoms with Crippen molar-refractivity contribution >= 4 is 32.8 Å². The van der Waals surface area contributed by atoms with Gasteiger partial charge in [0, 0.05) is 12.6 Å². The van der Waals surface area contributed by atoms with Crippen LogP contribution in [0.1, 0.15) is 16.7 Å². The summed E-state index contributed by atoms with van der Waals surface area (Å²) in [5.74, 6) is -0.251. The average Bonchev–Trinajstić information content (AvgIpc) is 2.71. The van der Waals surface area contributed by atoms with Gasteiger partial charge in [-0.3, -0.25) is 4.79 Å². The summed E-state index contributed by atoms with van der Waals surface area (Å²) >= 11 is 0. The second-order valence-electron chi connectivity index (χ2n) is 6.40. The number of amides is 1. The molecule has 0 aromatic heterocycles. The van der Waals surface area contributed by atoms with E-state index in [1.807, 2.05) is 60.7 Å². The van der Waals surface area contributed by atoms with Crippen LogP contribution in [0.4, 0.5) is 0 Å². The van der Waals surface area contributed by atoms with Gasteiger partial charge in [-0.2, -0.15) is 0 Å². The van der Waals surface area contributed by atoms with E-state index in [1.54, 1.807) is 12.1 Å². The highest BCUT2D eigenvalue weighted by molar-refractivity contribution is 7.88. The van der Waals surface area contributed by atoms with Crippen LogP contribution in [0.5, 0.6) is 0 Å². The largest absolute Gasteiger partial charge is 0.348 e. The van der Waals surface area contributed by atoms with Crippen LogP contribution in [0.25, 0.3) is 16.8 Å². The van der Waals surface area contributed by atoms with Gasteiger partial charge in [0.05, 0.1) is 5.75 Å². The zero-order valence-electron chi connectivity index (χ0n) is 15.6. The smallest absolute Gasteiger partial charge is 0.244 e. The number of nitrogens with one attached hydrogen (secondary N) is 2. The summed E-state index contributed by atoms with van der Waals surface area (Å²) in [4.78, 5) is 12.1. The van der Waals surface area contributed by atoms with Gasteiger partial charge in [-0.15, -0.1) is 0 Å². The molecule has 0 aliphatic rings. The number of hydrogen-bond acceptors (Lipinski definition) is 3. The molecule has 6 heteroatoms. The minimum absolute atomic E-state index is 0.0656. The minimum Gasteiger partial charge on any atom is -0.348 e. The molecule has 0 radical (unpaired) electrons. The van der Waals surface area contributed by atoms with Gasteiger partial charge in [0.25, 0.3) is 0 Å². The maximum atomic E-state index is 12.1. The molecule has 28 heavy (non-hydrogen) atoms. The molecule has 5 nitrogen and oxygen atoms in total. The van der Waals surface area contributed by atoms with Gasteiger partial charge in [0.15, 0.2) is 0 Å². The highest BCUT2D eigenvalue weighted by Gasteiger charge is 2.08. The van der Waals surface area contributed by atoms with Gasteiger partial charge in [0.1, 0.15) is 0 Å². The fourth-order valence-corrected chi connectivity index (χ4v) is 3.63. The number of carbonyl (C=O) groups is 1. The van der Waals surface area contributed by atoms with Gasteiger partial charge in [-0.25, -0.2) is 13.1 Å². The molecule has 1 amide bonds. The van der Waals surface area contributed by atoms with Crippen LogP contribution in [-0.4, -0.2) is 21.4 Å². The number of rotatable bonds is 7. The molecule has 0 aliphatic heterocycles. The van der Waals surface area contributed by atoms with Gasteiger partial charge in [0.2, 0.25) is 15.9 Å². The molecular formula is C22H22N2O3S. The van der Waals surface area contributed by atoms with E-state index < -0.39 is 10.0 Å². The van der Waals surface area contributed by atoms with Crippen molar-refractivity contribution in [1.29, 1.82) is 0 Å². The summed E-state index contributed by atoms with van der Waals surface area (Å²) in [6.45, 7) is 0.373. The first-order valence-electron chi connectivity index (χ1n) is 8.89. The quantitative estimate of drug-likeness (QED) is 0.604. The summed E-state index contributed by atoms with van der Waals surface area (Å²) in [5.41, 5.74) is 2.58. The van der Waals surface area contributed by atoms with Gasteiger partial charge in [-0.1, -0.05) is 66.7 Å². The molecular weight excluding hydrogens is 372 g/mol. The third-order valence-electron chi connectivity index (χ3n) is 4.40. The Bertz CT molecular complexity index is 1100. The second kappa shape index (κ2) is 8.82. The predicted molar refractivity (Wildman–Crippen MR) is 113 cm³/mol. The second-order valence-corrected chi connectivity index (χ2v) is 8.33. The van der Waals surface area contributed by atoms with Crippen LogP contribution in [0.15, 0.2) is 72.8 Å². The van der Waals surface area contributed by atoms with Crippen molar-refractivity contribution in [3.05, 3.63) is 89.5 Å².